The van der Waals surface area contributed by atoms with E-state index < -0.39 is 11.7 Å². The lowest BCUT2D eigenvalue weighted by atomic mass is 10.2. The van der Waals surface area contributed by atoms with Gasteiger partial charge in [-0.3, -0.25) is 4.79 Å². The highest BCUT2D eigenvalue weighted by Crippen LogP contribution is 2.33. The minimum absolute atomic E-state index is 0.119. The molecule has 0 aliphatic carbocycles. The fourth-order valence-corrected chi connectivity index (χ4v) is 3.71. The normalized spacial score (nSPS) is 14.0. The van der Waals surface area contributed by atoms with Gasteiger partial charge in [0.05, 0.1) is 7.11 Å². The molecule has 1 heterocycles. The number of ether oxygens (including phenoxy) is 2. The molecule has 22 heavy (non-hydrogen) atoms. The van der Waals surface area contributed by atoms with Gasteiger partial charge in [0, 0.05) is 16.7 Å². The first-order chi connectivity index (χ1) is 10.2. The zero-order chi connectivity index (χ0) is 16.8. The van der Waals surface area contributed by atoms with E-state index in [4.69, 9.17) is 9.47 Å². The third-order valence-electron chi connectivity index (χ3n) is 2.49. The summed E-state index contributed by atoms with van der Waals surface area (Å²) in [6, 6.07) is 3.69. The van der Waals surface area contributed by atoms with Crippen LogP contribution in [0.5, 0.6) is 0 Å². The number of carbonyl (C=O) groups excluding carboxylic acids is 2. The standard InChI is InChI=1S/C15H23NO4S2/c1-10(16-14(18)20-15(2,3)4)9-22-12(13(17)19-5)11-7-6-8-21-11/h6-8,10,12H,9H2,1-5H3,(H,16,18)/t10-,12?/m0/s1. The Hall–Kier alpha value is -1.21. The molecule has 1 aromatic heterocycles. The van der Waals surface area contributed by atoms with Crippen molar-refractivity contribution in [2.75, 3.05) is 12.9 Å². The predicted molar refractivity (Wildman–Crippen MR) is 90.4 cm³/mol. The fourth-order valence-electron chi connectivity index (χ4n) is 1.60. The zero-order valence-electron chi connectivity index (χ0n) is 13.5. The van der Waals surface area contributed by atoms with Crippen molar-refractivity contribution in [2.45, 2.75) is 44.6 Å². The maximum absolute atomic E-state index is 11.9. The Kier molecular flexibility index (Phi) is 7.22. The second kappa shape index (κ2) is 8.43. The van der Waals surface area contributed by atoms with Crippen molar-refractivity contribution in [3.63, 3.8) is 0 Å². The molecule has 2 atom stereocenters. The van der Waals surface area contributed by atoms with E-state index in [1.54, 1.807) is 0 Å². The van der Waals surface area contributed by atoms with Crippen molar-refractivity contribution in [3.05, 3.63) is 22.4 Å². The Morgan fingerprint density at radius 3 is 2.59 bits per heavy atom. The number of esters is 1. The number of carbonyl (C=O) groups is 2. The van der Waals surface area contributed by atoms with Crippen LogP contribution in [0.1, 0.15) is 37.8 Å². The first kappa shape index (κ1) is 18.8. The van der Waals surface area contributed by atoms with Crippen LogP contribution >= 0.6 is 23.1 Å². The van der Waals surface area contributed by atoms with Gasteiger partial charge in [-0.1, -0.05) is 6.07 Å². The maximum atomic E-state index is 11.9. The van der Waals surface area contributed by atoms with Crippen LogP contribution in [-0.2, 0) is 14.3 Å². The van der Waals surface area contributed by atoms with Crippen LogP contribution in [0.2, 0.25) is 0 Å². The number of nitrogens with one attached hydrogen (secondary N) is 1. The van der Waals surface area contributed by atoms with Crippen LogP contribution < -0.4 is 5.32 Å². The zero-order valence-corrected chi connectivity index (χ0v) is 15.2. The largest absolute Gasteiger partial charge is 0.468 e. The number of amides is 1. The first-order valence-corrected chi connectivity index (χ1v) is 8.88. The van der Waals surface area contributed by atoms with Crippen molar-refractivity contribution < 1.29 is 19.1 Å². The molecular weight excluding hydrogens is 322 g/mol. The molecule has 124 valence electrons. The number of alkyl carbamates (subject to hydrolysis) is 1. The highest BCUT2D eigenvalue weighted by atomic mass is 32.2. The fraction of sp³-hybridized carbons (Fsp3) is 0.600. The summed E-state index contributed by atoms with van der Waals surface area (Å²) >= 11 is 2.96. The quantitative estimate of drug-likeness (QED) is 0.798. The Morgan fingerprint density at radius 2 is 2.09 bits per heavy atom. The second-order valence-electron chi connectivity index (χ2n) is 5.80. The van der Waals surface area contributed by atoms with Crippen molar-refractivity contribution in [3.8, 4) is 0 Å². The monoisotopic (exact) mass is 345 g/mol. The van der Waals surface area contributed by atoms with E-state index in [-0.39, 0.29) is 17.3 Å². The van der Waals surface area contributed by atoms with Gasteiger partial charge in [-0.25, -0.2) is 4.79 Å². The molecule has 1 aromatic rings. The van der Waals surface area contributed by atoms with E-state index in [1.165, 1.54) is 30.2 Å². The number of thiophene rings is 1. The Balaban J connectivity index is 2.51. The van der Waals surface area contributed by atoms with Gasteiger partial charge in [-0.05, 0) is 39.1 Å². The van der Waals surface area contributed by atoms with Gasteiger partial charge in [0.1, 0.15) is 10.9 Å². The van der Waals surface area contributed by atoms with Gasteiger partial charge in [0.2, 0.25) is 0 Å². The molecule has 0 fully saturated rings. The third kappa shape index (κ3) is 6.70. The third-order valence-corrected chi connectivity index (χ3v) is 5.05. The number of hydrogen-bond acceptors (Lipinski definition) is 6. The van der Waals surface area contributed by atoms with E-state index in [9.17, 15) is 9.59 Å². The van der Waals surface area contributed by atoms with Crippen LogP contribution in [0.25, 0.3) is 0 Å². The van der Waals surface area contributed by atoms with Gasteiger partial charge >= 0.3 is 12.1 Å². The van der Waals surface area contributed by atoms with E-state index >= 15 is 0 Å². The molecule has 0 aliphatic heterocycles. The molecule has 0 saturated heterocycles. The van der Waals surface area contributed by atoms with E-state index in [0.29, 0.717) is 5.75 Å². The predicted octanol–water partition coefficient (Wildman–Crippen LogP) is 3.61. The van der Waals surface area contributed by atoms with Crippen molar-refractivity contribution in [1.29, 1.82) is 0 Å². The lowest BCUT2D eigenvalue weighted by molar-refractivity contribution is -0.140. The second-order valence-corrected chi connectivity index (χ2v) is 7.92. The van der Waals surface area contributed by atoms with Crippen molar-refractivity contribution >= 4 is 35.2 Å². The van der Waals surface area contributed by atoms with Gasteiger partial charge < -0.3 is 14.8 Å². The van der Waals surface area contributed by atoms with Gasteiger partial charge in [0.15, 0.2) is 0 Å². The molecule has 0 aliphatic rings. The van der Waals surface area contributed by atoms with Gasteiger partial charge in [-0.15, -0.1) is 23.1 Å². The minimum atomic E-state index is -0.525. The molecular formula is C15H23NO4S2. The molecule has 5 nitrogen and oxygen atoms in total. The molecule has 1 rings (SSSR count). The SMILES string of the molecule is COC(=O)C(SC[C@H](C)NC(=O)OC(C)(C)C)c1cccs1. The van der Waals surface area contributed by atoms with Gasteiger partial charge in [-0.2, -0.15) is 0 Å². The molecule has 0 bridgehead atoms. The summed E-state index contributed by atoms with van der Waals surface area (Å²) in [4.78, 5) is 24.5. The van der Waals surface area contributed by atoms with Crippen molar-refractivity contribution in [2.24, 2.45) is 0 Å². The number of methoxy groups -OCH3 is 1. The van der Waals surface area contributed by atoms with E-state index in [0.717, 1.165) is 4.88 Å². The summed E-state index contributed by atoms with van der Waals surface area (Å²) in [5.41, 5.74) is -0.525. The summed E-state index contributed by atoms with van der Waals surface area (Å²) in [6.07, 6.45) is -0.452. The molecule has 1 amide bonds. The molecule has 0 saturated carbocycles. The molecule has 1 N–H and O–H groups in total. The average Bonchev–Trinajstić information content (AvgIpc) is 2.89. The lowest BCUT2D eigenvalue weighted by Gasteiger charge is -2.22. The molecule has 0 spiro atoms. The molecule has 7 heteroatoms. The summed E-state index contributed by atoms with van der Waals surface area (Å²) in [7, 11) is 1.38. The number of hydrogen-bond donors (Lipinski definition) is 1. The van der Waals surface area contributed by atoms with Crippen LogP contribution in [-0.4, -0.2) is 36.6 Å². The number of thioether (sulfide) groups is 1. The molecule has 0 radical (unpaired) electrons. The minimum Gasteiger partial charge on any atom is -0.468 e. The maximum Gasteiger partial charge on any atom is 0.407 e. The van der Waals surface area contributed by atoms with Crippen LogP contribution in [0.15, 0.2) is 17.5 Å². The van der Waals surface area contributed by atoms with Crippen molar-refractivity contribution in [1.82, 2.24) is 5.32 Å². The Bertz CT molecular complexity index is 482. The van der Waals surface area contributed by atoms with E-state index in [2.05, 4.69) is 5.32 Å². The number of rotatable bonds is 6. The highest BCUT2D eigenvalue weighted by molar-refractivity contribution is 8.00. The van der Waals surface area contributed by atoms with Crippen LogP contribution in [0, 0.1) is 0 Å². The smallest absolute Gasteiger partial charge is 0.407 e. The highest BCUT2D eigenvalue weighted by Gasteiger charge is 2.24. The summed E-state index contributed by atoms with van der Waals surface area (Å²) in [5, 5.41) is 4.32. The lowest BCUT2D eigenvalue weighted by Crippen LogP contribution is -2.39. The first-order valence-electron chi connectivity index (χ1n) is 6.95. The molecule has 0 aromatic carbocycles. The topological polar surface area (TPSA) is 64.6 Å². The van der Waals surface area contributed by atoms with Crippen LogP contribution in [0.4, 0.5) is 4.79 Å². The summed E-state index contributed by atoms with van der Waals surface area (Å²) in [5.74, 6) is 0.300. The average molecular weight is 345 g/mol. The van der Waals surface area contributed by atoms with Gasteiger partial charge in [0.25, 0.3) is 0 Å². The molecule has 1 unspecified atom stereocenters. The summed E-state index contributed by atoms with van der Waals surface area (Å²) < 4.78 is 10.1. The Morgan fingerprint density at radius 1 is 1.41 bits per heavy atom. The van der Waals surface area contributed by atoms with Crippen LogP contribution in [0.3, 0.4) is 0 Å². The summed E-state index contributed by atoms with van der Waals surface area (Å²) in [6.45, 7) is 7.32. The van der Waals surface area contributed by atoms with E-state index in [1.807, 2.05) is 45.2 Å². The Labute approximate surface area is 139 Å².